The Bertz CT molecular complexity index is 1050. The van der Waals surface area contributed by atoms with E-state index in [-0.39, 0.29) is 5.91 Å². The summed E-state index contributed by atoms with van der Waals surface area (Å²) in [6.45, 7) is 3.60. The van der Waals surface area contributed by atoms with Crippen molar-refractivity contribution in [3.63, 3.8) is 0 Å². The highest BCUT2D eigenvalue weighted by Gasteiger charge is 2.46. The first-order valence-electron chi connectivity index (χ1n) is 10.3. The molecule has 1 fully saturated rings. The van der Waals surface area contributed by atoms with Crippen molar-refractivity contribution in [3.8, 4) is 22.8 Å². The Morgan fingerprint density at radius 1 is 1.06 bits per heavy atom. The molecule has 1 saturated heterocycles. The molecule has 0 aliphatic carbocycles. The molecule has 3 aromatic rings. The van der Waals surface area contributed by atoms with Gasteiger partial charge in [0.25, 0.3) is 0 Å². The van der Waals surface area contributed by atoms with Crippen LogP contribution in [0, 0.1) is 0 Å². The number of aromatic nitrogens is 1. The van der Waals surface area contributed by atoms with Crippen LogP contribution < -0.4 is 14.8 Å². The zero-order valence-corrected chi connectivity index (χ0v) is 18.1. The molecule has 0 saturated carbocycles. The molecular formula is C25H27N3O3. The second kappa shape index (κ2) is 8.78. The highest BCUT2D eigenvalue weighted by molar-refractivity contribution is 5.98. The fraction of sp³-hybridized carbons (Fsp3) is 0.280. The molecule has 1 aliphatic heterocycles. The van der Waals surface area contributed by atoms with Crippen LogP contribution in [0.25, 0.3) is 11.3 Å². The topological polar surface area (TPSA) is 63.7 Å². The van der Waals surface area contributed by atoms with Crippen LogP contribution in [0.5, 0.6) is 11.5 Å². The van der Waals surface area contributed by atoms with E-state index in [2.05, 4.69) is 39.5 Å². The fourth-order valence-electron chi connectivity index (χ4n) is 3.83. The summed E-state index contributed by atoms with van der Waals surface area (Å²) in [6, 6.07) is 19.7. The van der Waals surface area contributed by atoms with E-state index in [0.29, 0.717) is 17.2 Å². The third kappa shape index (κ3) is 4.25. The molecule has 2 heterocycles. The Morgan fingerprint density at radius 3 is 2.45 bits per heavy atom. The van der Waals surface area contributed by atoms with Crippen molar-refractivity contribution in [2.75, 3.05) is 26.1 Å². The smallest absolute Gasteiger partial charge is 0.244 e. The predicted octanol–water partition coefficient (Wildman–Crippen LogP) is 4.37. The maximum atomic E-state index is 13.1. The van der Waals surface area contributed by atoms with Gasteiger partial charge in [0, 0.05) is 36.6 Å². The van der Waals surface area contributed by atoms with Crippen molar-refractivity contribution >= 4 is 11.6 Å². The molecule has 1 aliphatic rings. The zero-order valence-electron chi connectivity index (χ0n) is 18.1. The van der Waals surface area contributed by atoms with Crippen molar-refractivity contribution < 1.29 is 14.3 Å². The summed E-state index contributed by atoms with van der Waals surface area (Å²) in [6.07, 6.45) is 2.61. The number of hydrogen-bond donors (Lipinski definition) is 1. The van der Waals surface area contributed by atoms with E-state index in [1.54, 1.807) is 32.5 Å². The number of carbonyl (C=O) groups is 1. The number of carbonyl (C=O) groups excluding carboxylic acids is 1. The molecule has 160 valence electrons. The summed E-state index contributed by atoms with van der Waals surface area (Å²) in [4.78, 5) is 19.7. The monoisotopic (exact) mass is 417 g/mol. The van der Waals surface area contributed by atoms with Gasteiger partial charge in [0.05, 0.1) is 25.5 Å². The molecule has 6 heteroatoms. The van der Waals surface area contributed by atoms with Crippen LogP contribution in [0.1, 0.15) is 18.9 Å². The number of anilines is 1. The Labute approximate surface area is 182 Å². The first-order chi connectivity index (χ1) is 15.0. The molecule has 2 aromatic carbocycles. The molecule has 0 spiro atoms. The van der Waals surface area contributed by atoms with Crippen LogP contribution in [0.3, 0.4) is 0 Å². The summed E-state index contributed by atoms with van der Waals surface area (Å²) in [5.41, 5.74) is 3.35. The minimum atomic E-state index is -0.549. The van der Waals surface area contributed by atoms with Gasteiger partial charge < -0.3 is 14.8 Å². The second-order valence-electron chi connectivity index (χ2n) is 7.88. The van der Waals surface area contributed by atoms with Crippen LogP contribution in [0.15, 0.2) is 66.9 Å². The fourth-order valence-corrected chi connectivity index (χ4v) is 3.83. The number of hydrogen-bond acceptors (Lipinski definition) is 5. The van der Waals surface area contributed by atoms with Crippen LogP contribution >= 0.6 is 0 Å². The van der Waals surface area contributed by atoms with Crippen molar-refractivity contribution in [3.05, 3.63) is 72.4 Å². The number of pyridine rings is 1. The van der Waals surface area contributed by atoms with Gasteiger partial charge in [0.1, 0.15) is 0 Å². The molecule has 31 heavy (non-hydrogen) atoms. The molecule has 1 aromatic heterocycles. The number of rotatable bonds is 7. The van der Waals surface area contributed by atoms with E-state index in [9.17, 15) is 4.79 Å². The Hall–Kier alpha value is -3.38. The van der Waals surface area contributed by atoms with Gasteiger partial charge in [-0.25, -0.2) is 0 Å². The molecular weight excluding hydrogens is 390 g/mol. The highest BCUT2D eigenvalue weighted by atomic mass is 16.5. The minimum absolute atomic E-state index is 0.0175. The van der Waals surface area contributed by atoms with E-state index in [4.69, 9.17) is 9.47 Å². The number of benzene rings is 2. The maximum Gasteiger partial charge on any atom is 0.244 e. The minimum Gasteiger partial charge on any atom is -0.493 e. The van der Waals surface area contributed by atoms with Gasteiger partial charge in [0.2, 0.25) is 5.91 Å². The normalized spacial score (nSPS) is 18.2. The van der Waals surface area contributed by atoms with Crippen molar-refractivity contribution in [1.82, 2.24) is 9.88 Å². The Balaban J connectivity index is 1.42. The SMILES string of the molecule is COc1ccc(NC(=O)C2(C)CCN2Cc2ccc(-c3ccccn3)cc2)cc1OC. The number of nitrogens with one attached hydrogen (secondary N) is 1. The van der Waals surface area contributed by atoms with E-state index >= 15 is 0 Å². The van der Waals surface area contributed by atoms with E-state index in [1.807, 2.05) is 31.2 Å². The maximum absolute atomic E-state index is 13.1. The van der Waals surface area contributed by atoms with Gasteiger partial charge in [-0.1, -0.05) is 30.3 Å². The van der Waals surface area contributed by atoms with Crippen LogP contribution in [-0.2, 0) is 11.3 Å². The van der Waals surface area contributed by atoms with Crippen LogP contribution in [0.4, 0.5) is 5.69 Å². The van der Waals surface area contributed by atoms with Gasteiger partial charge in [0.15, 0.2) is 11.5 Å². The standard InChI is InChI=1S/C25H27N3O3/c1-25(24(29)27-20-11-12-22(30-2)23(16-20)31-3)13-15-28(25)17-18-7-9-19(10-8-18)21-6-4-5-14-26-21/h4-12,14,16H,13,15,17H2,1-3H3,(H,27,29). The summed E-state index contributed by atoms with van der Waals surface area (Å²) < 4.78 is 10.6. The number of ether oxygens (including phenoxy) is 2. The lowest BCUT2D eigenvalue weighted by Gasteiger charge is -2.49. The van der Waals surface area contributed by atoms with E-state index in [1.165, 1.54) is 5.56 Å². The van der Waals surface area contributed by atoms with Gasteiger partial charge >= 0.3 is 0 Å². The number of amides is 1. The molecule has 0 bridgehead atoms. The molecule has 6 nitrogen and oxygen atoms in total. The second-order valence-corrected chi connectivity index (χ2v) is 7.88. The lowest BCUT2D eigenvalue weighted by atomic mass is 9.85. The van der Waals surface area contributed by atoms with Gasteiger partial charge in [-0.05, 0) is 43.2 Å². The Morgan fingerprint density at radius 2 is 1.84 bits per heavy atom. The molecule has 1 N–H and O–H groups in total. The van der Waals surface area contributed by atoms with Crippen molar-refractivity contribution in [1.29, 1.82) is 0 Å². The quantitative estimate of drug-likeness (QED) is 0.619. The van der Waals surface area contributed by atoms with Crippen molar-refractivity contribution in [2.45, 2.75) is 25.4 Å². The van der Waals surface area contributed by atoms with E-state index < -0.39 is 5.54 Å². The lowest BCUT2D eigenvalue weighted by molar-refractivity contribution is -0.136. The third-order valence-corrected chi connectivity index (χ3v) is 5.99. The molecule has 1 amide bonds. The van der Waals surface area contributed by atoms with E-state index in [0.717, 1.165) is 30.8 Å². The average molecular weight is 418 g/mol. The molecule has 1 atom stereocenters. The number of methoxy groups -OCH3 is 2. The molecule has 1 unspecified atom stereocenters. The van der Waals surface area contributed by atoms with Crippen LogP contribution in [-0.4, -0.2) is 42.1 Å². The zero-order chi connectivity index (χ0) is 21.8. The summed E-state index contributed by atoms with van der Waals surface area (Å²) >= 11 is 0. The number of likely N-dealkylation sites (tertiary alicyclic amines) is 1. The third-order valence-electron chi connectivity index (χ3n) is 5.99. The molecule has 4 rings (SSSR count). The summed E-state index contributed by atoms with van der Waals surface area (Å²) in [7, 11) is 3.17. The van der Waals surface area contributed by atoms with Gasteiger partial charge in [-0.3, -0.25) is 14.7 Å². The largest absolute Gasteiger partial charge is 0.493 e. The highest BCUT2D eigenvalue weighted by Crippen LogP contribution is 2.35. The first kappa shape index (κ1) is 20.9. The van der Waals surface area contributed by atoms with Crippen molar-refractivity contribution in [2.24, 2.45) is 0 Å². The van der Waals surface area contributed by atoms with Gasteiger partial charge in [-0.15, -0.1) is 0 Å². The lowest BCUT2D eigenvalue weighted by Crippen LogP contribution is -2.63. The number of nitrogens with zero attached hydrogens (tertiary/aromatic N) is 2. The Kier molecular flexibility index (Phi) is 5.91. The van der Waals surface area contributed by atoms with Crippen LogP contribution in [0.2, 0.25) is 0 Å². The summed E-state index contributed by atoms with van der Waals surface area (Å²) in [5, 5.41) is 3.03. The molecule has 0 radical (unpaired) electrons. The average Bonchev–Trinajstić information content (AvgIpc) is 2.82. The van der Waals surface area contributed by atoms with Gasteiger partial charge in [-0.2, -0.15) is 0 Å². The predicted molar refractivity (Wildman–Crippen MR) is 121 cm³/mol. The first-order valence-corrected chi connectivity index (χ1v) is 10.3. The summed E-state index contributed by atoms with van der Waals surface area (Å²) in [5.74, 6) is 1.20.